The molecule has 0 spiro atoms. The third kappa shape index (κ3) is 5.14. The van der Waals surface area contributed by atoms with Crippen LogP contribution in [0.15, 0.2) is 30.3 Å². The van der Waals surface area contributed by atoms with Crippen LogP contribution in [-0.4, -0.2) is 28.5 Å². The van der Waals surface area contributed by atoms with Crippen molar-refractivity contribution in [1.82, 2.24) is 4.48 Å². The van der Waals surface area contributed by atoms with Gasteiger partial charge in [0.05, 0.1) is 21.1 Å². The first-order valence-corrected chi connectivity index (χ1v) is 3.95. The number of hydrogen-bond acceptors (Lipinski definition) is 2. The molecule has 0 aromatic heterocycles. The predicted molar refractivity (Wildman–Crippen MR) is 52.4 cm³/mol. The molecule has 0 N–H and O–H groups in total. The number of quaternary nitrogens is 1. The van der Waals surface area contributed by atoms with E-state index in [0.717, 1.165) is 4.48 Å². The van der Waals surface area contributed by atoms with Crippen molar-refractivity contribution < 1.29 is 9.73 Å². The zero-order chi connectivity index (χ0) is 10.3. The number of para-hydroxylation sites is 1. The van der Waals surface area contributed by atoms with Gasteiger partial charge in [-0.15, -0.1) is 0 Å². The summed E-state index contributed by atoms with van der Waals surface area (Å²) >= 11 is 0. The van der Waals surface area contributed by atoms with Crippen LogP contribution in [0.5, 0.6) is 0 Å². The summed E-state index contributed by atoms with van der Waals surface area (Å²) in [4.78, 5) is 0. The minimum absolute atomic E-state index is 0.500. The molecule has 0 saturated carbocycles. The summed E-state index contributed by atoms with van der Waals surface area (Å²) in [5, 5.41) is 8.25. The van der Waals surface area contributed by atoms with Gasteiger partial charge in [-0.1, -0.05) is 18.2 Å². The van der Waals surface area contributed by atoms with E-state index in [0.29, 0.717) is 0 Å². The Balaban J connectivity index is 0.000000424. The van der Waals surface area contributed by atoms with Crippen LogP contribution in [0.4, 0.5) is 5.69 Å². The Morgan fingerprint density at radius 1 is 1.15 bits per heavy atom. The van der Waals surface area contributed by atoms with E-state index in [4.69, 9.17) is 9.73 Å². The van der Waals surface area contributed by atoms with Crippen molar-refractivity contribution >= 4 is 13.0 Å². The SMILES string of the molecule is C[N+](C)(C)c1ccccc1.O=B[O-]. The molecule has 1 rings (SSSR count). The average Bonchev–Trinajstić information content (AvgIpc) is 2.06. The molecule has 3 nitrogen and oxygen atoms in total. The summed E-state index contributed by atoms with van der Waals surface area (Å²) in [6.45, 7) is 0. The van der Waals surface area contributed by atoms with Crippen LogP contribution in [0, 0.1) is 0 Å². The van der Waals surface area contributed by atoms with E-state index in [1.807, 2.05) is 6.07 Å². The molecule has 0 aliphatic heterocycles. The van der Waals surface area contributed by atoms with Crippen molar-refractivity contribution in [2.75, 3.05) is 21.1 Å². The molecule has 1 aromatic rings. The molecule has 0 heterocycles. The van der Waals surface area contributed by atoms with Crippen molar-refractivity contribution in [2.45, 2.75) is 0 Å². The van der Waals surface area contributed by atoms with Crippen molar-refractivity contribution in [3.05, 3.63) is 30.3 Å². The summed E-state index contributed by atoms with van der Waals surface area (Å²) in [6.07, 6.45) is 0. The van der Waals surface area contributed by atoms with Gasteiger partial charge in [-0.05, 0) is 12.1 Å². The van der Waals surface area contributed by atoms with Crippen molar-refractivity contribution in [3.8, 4) is 0 Å². The second-order valence-corrected chi connectivity index (χ2v) is 3.44. The summed E-state index contributed by atoms with van der Waals surface area (Å²) in [6, 6.07) is 10.5. The molecule has 0 atom stereocenters. The van der Waals surface area contributed by atoms with Crippen LogP contribution < -0.4 is 9.51 Å². The first kappa shape index (κ1) is 11.8. The number of rotatable bonds is 1. The van der Waals surface area contributed by atoms with Gasteiger partial charge in [0, 0.05) is 0 Å². The fraction of sp³-hybridized carbons (Fsp3) is 0.333. The molecule has 13 heavy (non-hydrogen) atoms. The summed E-state index contributed by atoms with van der Waals surface area (Å²) < 4.78 is 9.14. The third-order valence-electron chi connectivity index (χ3n) is 1.53. The Labute approximate surface area is 79.5 Å². The van der Waals surface area contributed by atoms with Crippen LogP contribution >= 0.6 is 0 Å². The Morgan fingerprint density at radius 2 is 1.54 bits per heavy atom. The molecule has 0 bridgehead atoms. The Kier molecular flexibility index (Phi) is 5.00. The van der Waals surface area contributed by atoms with Crippen LogP contribution in [-0.2, 0) is 4.70 Å². The molecule has 4 heteroatoms. The second-order valence-electron chi connectivity index (χ2n) is 3.44. The Hall–Kier alpha value is -1.16. The zero-order valence-electron chi connectivity index (χ0n) is 8.23. The third-order valence-corrected chi connectivity index (χ3v) is 1.53. The Bertz CT molecular complexity index is 244. The van der Waals surface area contributed by atoms with E-state index in [-0.39, 0.29) is 0 Å². The monoisotopic (exact) mass is 179 g/mol. The fourth-order valence-corrected chi connectivity index (χ4v) is 0.875. The van der Waals surface area contributed by atoms with Gasteiger partial charge >= 0.3 is 17.1 Å². The fourth-order valence-electron chi connectivity index (χ4n) is 0.875. The predicted octanol–water partition coefficient (Wildman–Crippen LogP) is 0.195. The molecule has 0 saturated heterocycles. The number of hydrogen-bond donors (Lipinski definition) is 0. The summed E-state index contributed by atoms with van der Waals surface area (Å²) in [5.41, 5.74) is 1.34. The number of nitrogens with zero attached hydrogens (tertiary/aromatic N) is 1. The van der Waals surface area contributed by atoms with Gasteiger partial charge < -0.3 is 0 Å². The summed E-state index contributed by atoms with van der Waals surface area (Å²) in [7, 11) is 5.99. The molecular formula is C9H14BNO2. The molecular weight excluding hydrogens is 165 g/mol. The van der Waals surface area contributed by atoms with E-state index < -0.39 is 7.35 Å². The van der Waals surface area contributed by atoms with E-state index in [1.54, 1.807) is 0 Å². The van der Waals surface area contributed by atoms with Gasteiger partial charge in [-0.3, -0.25) is 4.48 Å². The molecule has 0 aliphatic rings. The van der Waals surface area contributed by atoms with Crippen LogP contribution in [0.2, 0.25) is 0 Å². The molecule has 0 unspecified atom stereocenters. The van der Waals surface area contributed by atoms with E-state index in [9.17, 15) is 0 Å². The first-order chi connectivity index (χ1) is 6.02. The topological polar surface area (TPSA) is 40.1 Å². The van der Waals surface area contributed by atoms with Crippen molar-refractivity contribution in [1.29, 1.82) is 0 Å². The van der Waals surface area contributed by atoms with Gasteiger partial charge in [0.25, 0.3) is 0 Å². The quantitative estimate of drug-likeness (QED) is 0.456. The van der Waals surface area contributed by atoms with E-state index >= 15 is 0 Å². The summed E-state index contributed by atoms with van der Waals surface area (Å²) in [5.74, 6) is 0. The second kappa shape index (κ2) is 5.48. The van der Waals surface area contributed by atoms with Crippen LogP contribution in [0.3, 0.4) is 0 Å². The maximum absolute atomic E-state index is 8.25. The van der Waals surface area contributed by atoms with Gasteiger partial charge in [-0.2, -0.15) is 0 Å². The van der Waals surface area contributed by atoms with Crippen molar-refractivity contribution in [3.63, 3.8) is 0 Å². The van der Waals surface area contributed by atoms with Crippen LogP contribution in [0.1, 0.15) is 0 Å². The average molecular weight is 179 g/mol. The van der Waals surface area contributed by atoms with Crippen molar-refractivity contribution in [2.24, 2.45) is 0 Å². The van der Waals surface area contributed by atoms with Gasteiger partial charge in [0.15, 0.2) is 0 Å². The zero-order valence-corrected chi connectivity index (χ0v) is 8.23. The molecule has 0 fully saturated rings. The normalized spacial score (nSPS) is 9.46. The van der Waals surface area contributed by atoms with Crippen LogP contribution in [0.25, 0.3) is 0 Å². The first-order valence-electron chi connectivity index (χ1n) is 3.95. The molecule has 70 valence electrons. The van der Waals surface area contributed by atoms with E-state index in [1.165, 1.54) is 5.69 Å². The maximum atomic E-state index is 8.25. The molecule has 0 radical (unpaired) electrons. The van der Waals surface area contributed by atoms with Gasteiger partial charge in [-0.25, -0.2) is 0 Å². The molecule has 0 aliphatic carbocycles. The molecule has 1 aromatic carbocycles. The molecule has 0 amide bonds. The van der Waals surface area contributed by atoms with E-state index in [2.05, 4.69) is 45.4 Å². The standard InChI is InChI=1S/C9H14N.BO2/c1-10(2,3)9-7-5-4-6-8-9;2-1-3/h4-8H,1-3H3;/q+1;-1. The van der Waals surface area contributed by atoms with Gasteiger partial charge in [0.2, 0.25) is 0 Å². The minimum atomic E-state index is -0.500. The number of benzene rings is 1. The van der Waals surface area contributed by atoms with Gasteiger partial charge in [0.1, 0.15) is 5.69 Å². The Morgan fingerprint density at radius 3 is 1.77 bits per heavy atom.